The van der Waals surface area contributed by atoms with Crippen LogP contribution in [0.5, 0.6) is 0 Å². The summed E-state index contributed by atoms with van der Waals surface area (Å²) in [7, 11) is 0. The molecule has 2 atom stereocenters. The Balaban J connectivity index is 2.52. The molecule has 1 aliphatic carbocycles. The van der Waals surface area contributed by atoms with E-state index < -0.39 is 0 Å². The minimum Gasteiger partial charge on any atom is -0.327 e. The van der Waals surface area contributed by atoms with Crippen LogP contribution < -0.4 is 5.73 Å². The fourth-order valence-electron chi connectivity index (χ4n) is 0.940. The van der Waals surface area contributed by atoms with Gasteiger partial charge in [-0.2, -0.15) is 0 Å². The van der Waals surface area contributed by atoms with Gasteiger partial charge in [-0.3, -0.25) is 0 Å². The SMILES string of the molecule is C[C@@H]1[C@@H](N)C1(C)C. The summed E-state index contributed by atoms with van der Waals surface area (Å²) in [6.45, 7) is 6.62. The molecule has 0 spiro atoms. The first-order valence-corrected chi connectivity index (χ1v) is 2.82. The van der Waals surface area contributed by atoms with Gasteiger partial charge in [0, 0.05) is 6.04 Å². The van der Waals surface area contributed by atoms with Crippen LogP contribution in [0.2, 0.25) is 0 Å². The number of hydrogen-bond donors (Lipinski definition) is 1. The molecular weight excluding hydrogens is 86.1 g/mol. The lowest BCUT2D eigenvalue weighted by atomic mass is 10.1. The highest BCUT2D eigenvalue weighted by molar-refractivity contribution is 5.05. The van der Waals surface area contributed by atoms with Crippen LogP contribution in [0, 0.1) is 11.3 Å². The van der Waals surface area contributed by atoms with E-state index in [-0.39, 0.29) is 0 Å². The van der Waals surface area contributed by atoms with Crippen LogP contribution in [0.4, 0.5) is 0 Å². The first-order valence-electron chi connectivity index (χ1n) is 2.82. The van der Waals surface area contributed by atoms with Gasteiger partial charge in [0.2, 0.25) is 0 Å². The summed E-state index contributed by atoms with van der Waals surface area (Å²) in [4.78, 5) is 0. The molecule has 0 aromatic rings. The van der Waals surface area contributed by atoms with Gasteiger partial charge in [-0.15, -0.1) is 0 Å². The van der Waals surface area contributed by atoms with Crippen molar-refractivity contribution in [2.24, 2.45) is 17.1 Å². The van der Waals surface area contributed by atoms with Crippen LogP contribution in [0.3, 0.4) is 0 Å². The Morgan fingerprint density at radius 2 is 1.57 bits per heavy atom. The molecule has 1 saturated carbocycles. The Hall–Kier alpha value is -0.0400. The van der Waals surface area contributed by atoms with E-state index >= 15 is 0 Å². The molecule has 0 unspecified atom stereocenters. The molecular formula is C6H13N. The lowest BCUT2D eigenvalue weighted by Crippen LogP contribution is -2.06. The topological polar surface area (TPSA) is 26.0 Å². The minimum atomic E-state index is 0.444. The zero-order chi connectivity index (χ0) is 5.65. The summed E-state index contributed by atoms with van der Waals surface area (Å²) < 4.78 is 0. The molecule has 0 aromatic heterocycles. The van der Waals surface area contributed by atoms with Crippen molar-refractivity contribution in [1.82, 2.24) is 0 Å². The normalized spacial score (nSPS) is 46.3. The van der Waals surface area contributed by atoms with Crippen molar-refractivity contribution in [3.8, 4) is 0 Å². The van der Waals surface area contributed by atoms with Gasteiger partial charge in [0.05, 0.1) is 0 Å². The van der Waals surface area contributed by atoms with Crippen molar-refractivity contribution in [3.63, 3.8) is 0 Å². The van der Waals surface area contributed by atoms with Crippen LogP contribution in [0.1, 0.15) is 20.8 Å². The summed E-state index contributed by atoms with van der Waals surface area (Å²) in [6.07, 6.45) is 0. The Morgan fingerprint density at radius 1 is 1.43 bits per heavy atom. The summed E-state index contributed by atoms with van der Waals surface area (Å²) >= 11 is 0. The molecule has 1 aliphatic rings. The molecule has 1 fully saturated rings. The smallest absolute Gasteiger partial charge is 0.0125 e. The quantitative estimate of drug-likeness (QED) is 0.481. The predicted octanol–water partition coefficient (Wildman–Crippen LogP) is 0.990. The molecule has 2 N–H and O–H groups in total. The van der Waals surface area contributed by atoms with Crippen molar-refractivity contribution in [3.05, 3.63) is 0 Å². The summed E-state index contributed by atoms with van der Waals surface area (Å²) in [5.74, 6) is 0.743. The van der Waals surface area contributed by atoms with Crippen LogP contribution in [0.15, 0.2) is 0 Å². The van der Waals surface area contributed by atoms with E-state index in [1.165, 1.54) is 0 Å². The maximum atomic E-state index is 5.64. The van der Waals surface area contributed by atoms with Gasteiger partial charge in [0.25, 0.3) is 0 Å². The van der Waals surface area contributed by atoms with Gasteiger partial charge in [0.1, 0.15) is 0 Å². The number of rotatable bonds is 0. The van der Waals surface area contributed by atoms with Gasteiger partial charge < -0.3 is 5.73 Å². The zero-order valence-electron chi connectivity index (χ0n) is 5.23. The Kier molecular flexibility index (Phi) is 0.747. The third-order valence-electron chi connectivity index (χ3n) is 2.46. The first-order chi connectivity index (χ1) is 3.07. The van der Waals surface area contributed by atoms with Gasteiger partial charge in [0.15, 0.2) is 0 Å². The molecule has 7 heavy (non-hydrogen) atoms. The standard InChI is InChI=1S/C6H13N/c1-4-5(7)6(4,2)3/h4-5H,7H2,1-3H3/t4-,5-/m1/s1. The Morgan fingerprint density at radius 3 is 1.57 bits per heavy atom. The second kappa shape index (κ2) is 1.03. The average molecular weight is 99.2 g/mol. The molecule has 0 saturated heterocycles. The molecule has 1 nitrogen and oxygen atoms in total. The third-order valence-corrected chi connectivity index (χ3v) is 2.46. The third kappa shape index (κ3) is 0.480. The van der Waals surface area contributed by atoms with Crippen LogP contribution in [0.25, 0.3) is 0 Å². The highest BCUT2D eigenvalue weighted by Crippen LogP contribution is 2.49. The molecule has 0 amide bonds. The van der Waals surface area contributed by atoms with Gasteiger partial charge in [-0.25, -0.2) is 0 Å². The maximum absolute atomic E-state index is 5.64. The molecule has 0 bridgehead atoms. The van der Waals surface area contributed by atoms with Crippen molar-refractivity contribution in [2.45, 2.75) is 26.8 Å². The van der Waals surface area contributed by atoms with E-state index in [4.69, 9.17) is 5.73 Å². The van der Waals surface area contributed by atoms with Gasteiger partial charge >= 0.3 is 0 Å². The first kappa shape index (κ1) is 5.10. The number of hydrogen-bond acceptors (Lipinski definition) is 1. The second-order valence-electron chi connectivity index (χ2n) is 3.14. The van der Waals surface area contributed by atoms with Crippen LogP contribution >= 0.6 is 0 Å². The largest absolute Gasteiger partial charge is 0.327 e. The highest BCUT2D eigenvalue weighted by atomic mass is 14.8. The van der Waals surface area contributed by atoms with Crippen LogP contribution in [-0.4, -0.2) is 6.04 Å². The summed E-state index contributed by atoms with van der Waals surface area (Å²) in [5, 5.41) is 0. The maximum Gasteiger partial charge on any atom is 0.0125 e. The minimum absolute atomic E-state index is 0.444. The van der Waals surface area contributed by atoms with E-state index in [2.05, 4.69) is 20.8 Å². The van der Waals surface area contributed by atoms with E-state index in [0.717, 1.165) is 5.92 Å². The zero-order valence-corrected chi connectivity index (χ0v) is 5.23. The predicted molar refractivity (Wildman–Crippen MR) is 30.9 cm³/mol. The highest BCUT2D eigenvalue weighted by Gasteiger charge is 2.51. The molecule has 0 heterocycles. The second-order valence-corrected chi connectivity index (χ2v) is 3.14. The molecule has 0 aromatic carbocycles. The summed E-state index contributed by atoms with van der Waals surface area (Å²) in [6, 6.07) is 0.465. The van der Waals surface area contributed by atoms with E-state index in [1.807, 2.05) is 0 Å². The Bertz CT molecular complexity index is 76.2. The molecule has 1 heteroatoms. The van der Waals surface area contributed by atoms with Crippen LogP contribution in [-0.2, 0) is 0 Å². The Labute approximate surface area is 44.9 Å². The fraction of sp³-hybridized carbons (Fsp3) is 1.00. The lowest BCUT2D eigenvalue weighted by molar-refractivity contribution is 0.574. The van der Waals surface area contributed by atoms with Crippen molar-refractivity contribution in [2.75, 3.05) is 0 Å². The fourth-order valence-corrected chi connectivity index (χ4v) is 0.940. The van der Waals surface area contributed by atoms with Crippen molar-refractivity contribution in [1.29, 1.82) is 0 Å². The molecule has 0 radical (unpaired) electrons. The van der Waals surface area contributed by atoms with Gasteiger partial charge in [-0.05, 0) is 11.3 Å². The molecule has 0 aliphatic heterocycles. The van der Waals surface area contributed by atoms with Crippen molar-refractivity contribution >= 4 is 0 Å². The summed E-state index contributed by atoms with van der Waals surface area (Å²) in [5.41, 5.74) is 6.09. The number of nitrogens with two attached hydrogens (primary N) is 1. The van der Waals surface area contributed by atoms with E-state index in [0.29, 0.717) is 11.5 Å². The molecule has 1 rings (SSSR count). The van der Waals surface area contributed by atoms with E-state index in [9.17, 15) is 0 Å². The average Bonchev–Trinajstić information content (AvgIpc) is 1.91. The van der Waals surface area contributed by atoms with E-state index in [1.54, 1.807) is 0 Å². The van der Waals surface area contributed by atoms with Gasteiger partial charge in [-0.1, -0.05) is 20.8 Å². The lowest BCUT2D eigenvalue weighted by Gasteiger charge is -1.93. The van der Waals surface area contributed by atoms with Crippen molar-refractivity contribution < 1.29 is 0 Å². The molecule has 42 valence electrons. The monoisotopic (exact) mass is 99.1 g/mol.